The summed E-state index contributed by atoms with van der Waals surface area (Å²) in [6.07, 6.45) is 6.73. The van der Waals surface area contributed by atoms with Crippen LogP contribution in [0.15, 0.2) is 12.5 Å². The van der Waals surface area contributed by atoms with Crippen LogP contribution in [0.2, 0.25) is 0 Å². The molecule has 1 rings (SSSR count). The number of rotatable bonds is 4. The Morgan fingerprint density at radius 3 is 2.92 bits per heavy atom. The normalized spacial score (nSPS) is 10.2. The molecule has 0 amide bonds. The van der Waals surface area contributed by atoms with Gasteiger partial charge in [0.05, 0.1) is 0 Å². The number of hydrogen-bond donors (Lipinski definition) is 1. The van der Waals surface area contributed by atoms with Crippen LogP contribution in [0.4, 0.5) is 0 Å². The fraction of sp³-hybridized carbons (Fsp3) is 0.556. The summed E-state index contributed by atoms with van der Waals surface area (Å²) in [5.41, 5.74) is 7.73. The monoisotopic (exact) mass is 165 g/mol. The average molecular weight is 165 g/mol. The predicted octanol–water partition coefficient (Wildman–Crippen LogP) is 1.07. The van der Waals surface area contributed by atoms with Gasteiger partial charge in [0.25, 0.3) is 0 Å². The summed E-state index contributed by atoms with van der Waals surface area (Å²) in [7, 11) is 0. The molecule has 0 unspecified atom stereocenters. The summed E-state index contributed by atoms with van der Waals surface area (Å²) >= 11 is 0. The van der Waals surface area contributed by atoms with Gasteiger partial charge in [-0.15, -0.1) is 0 Å². The molecule has 66 valence electrons. The van der Waals surface area contributed by atoms with E-state index in [1.54, 1.807) is 6.33 Å². The van der Waals surface area contributed by atoms with Crippen molar-refractivity contribution in [2.45, 2.75) is 26.2 Å². The molecule has 0 saturated heterocycles. The van der Waals surface area contributed by atoms with E-state index in [4.69, 9.17) is 5.73 Å². The van der Waals surface area contributed by atoms with E-state index in [0.29, 0.717) is 0 Å². The molecule has 0 aliphatic carbocycles. The lowest BCUT2D eigenvalue weighted by atomic mass is 10.1. The first-order valence-electron chi connectivity index (χ1n) is 4.30. The van der Waals surface area contributed by atoms with E-state index in [9.17, 15) is 0 Å². The lowest BCUT2D eigenvalue weighted by molar-refractivity contribution is 0.736. The number of unbranched alkanes of at least 4 members (excludes halogenated alkanes) is 1. The zero-order valence-electron chi connectivity index (χ0n) is 7.45. The summed E-state index contributed by atoms with van der Waals surface area (Å²) in [4.78, 5) is 8.10. The number of hydrogen-bond acceptors (Lipinski definition) is 3. The minimum absolute atomic E-state index is 0.771. The van der Waals surface area contributed by atoms with Gasteiger partial charge >= 0.3 is 0 Å². The maximum Gasteiger partial charge on any atom is 0.115 e. The Labute approximate surface area is 73.0 Å². The SMILES string of the molecule is Cc1ncncc1CCCCN. The number of nitrogens with zero attached hydrogens (tertiary/aromatic N) is 2. The Morgan fingerprint density at radius 2 is 2.25 bits per heavy atom. The summed E-state index contributed by atoms with van der Waals surface area (Å²) in [5, 5.41) is 0. The predicted molar refractivity (Wildman–Crippen MR) is 48.8 cm³/mol. The lowest BCUT2D eigenvalue weighted by Crippen LogP contribution is -2.00. The molecule has 0 aromatic carbocycles. The second-order valence-corrected chi connectivity index (χ2v) is 2.88. The van der Waals surface area contributed by atoms with E-state index in [2.05, 4.69) is 9.97 Å². The Bertz CT molecular complexity index is 235. The Kier molecular flexibility index (Phi) is 3.67. The molecule has 0 fully saturated rings. The second kappa shape index (κ2) is 4.83. The van der Waals surface area contributed by atoms with Crippen LogP contribution in [0, 0.1) is 6.92 Å². The number of aromatic nitrogens is 2. The van der Waals surface area contributed by atoms with Crippen molar-refractivity contribution in [3.63, 3.8) is 0 Å². The average Bonchev–Trinajstić information content (AvgIpc) is 2.09. The molecule has 0 atom stereocenters. The Hall–Kier alpha value is -0.960. The van der Waals surface area contributed by atoms with E-state index in [1.807, 2.05) is 13.1 Å². The van der Waals surface area contributed by atoms with E-state index >= 15 is 0 Å². The number of aryl methyl sites for hydroxylation is 2. The molecular formula is C9H15N3. The van der Waals surface area contributed by atoms with Crippen molar-refractivity contribution in [1.29, 1.82) is 0 Å². The fourth-order valence-corrected chi connectivity index (χ4v) is 1.12. The number of nitrogens with two attached hydrogens (primary N) is 1. The van der Waals surface area contributed by atoms with Crippen molar-refractivity contribution >= 4 is 0 Å². The zero-order valence-corrected chi connectivity index (χ0v) is 7.45. The fourth-order valence-electron chi connectivity index (χ4n) is 1.12. The third kappa shape index (κ3) is 2.58. The van der Waals surface area contributed by atoms with E-state index in [1.165, 1.54) is 5.56 Å². The minimum Gasteiger partial charge on any atom is -0.330 e. The first kappa shape index (κ1) is 9.13. The largest absolute Gasteiger partial charge is 0.330 e. The van der Waals surface area contributed by atoms with E-state index in [0.717, 1.165) is 31.5 Å². The Morgan fingerprint density at radius 1 is 1.42 bits per heavy atom. The summed E-state index contributed by atoms with van der Waals surface area (Å²) in [6, 6.07) is 0. The third-order valence-electron chi connectivity index (χ3n) is 1.91. The summed E-state index contributed by atoms with van der Waals surface area (Å²) < 4.78 is 0. The standard InChI is InChI=1S/C9H15N3/c1-8-9(4-2-3-5-10)6-11-7-12-8/h6-7H,2-5,10H2,1H3. The molecule has 0 spiro atoms. The molecule has 1 aromatic rings. The van der Waals surface area contributed by atoms with Crippen LogP contribution in [0.1, 0.15) is 24.1 Å². The van der Waals surface area contributed by atoms with Crippen LogP contribution in [0.3, 0.4) is 0 Å². The van der Waals surface area contributed by atoms with Crippen molar-refractivity contribution in [3.8, 4) is 0 Å². The van der Waals surface area contributed by atoms with Gasteiger partial charge in [0.2, 0.25) is 0 Å². The molecular weight excluding hydrogens is 150 g/mol. The molecule has 0 saturated carbocycles. The molecule has 12 heavy (non-hydrogen) atoms. The molecule has 0 bridgehead atoms. The van der Waals surface area contributed by atoms with Gasteiger partial charge < -0.3 is 5.73 Å². The highest BCUT2D eigenvalue weighted by molar-refractivity contribution is 5.13. The van der Waals surface area contributed by atoms with Crippen molar-refractivity contribution in [1.82, 2.24) is 9.97 Å². The first-order chi connectivity index (χ1) is 5.84. The molecule has 3 nitrogen and oxygen atoms in total. The topological polar surface area (TPSA) is 51.8 Å². The van der Waals surface area contributed by atoms with Gasteiger partial charge in [0.15, 0.2) is 0 Å². The molecule has 0 aliphatic heterocycles. The quantitative estimate of drug-likeness (QED) is 0.679. The maximum atomic E-state index is 5.40. The van der Waals surface area contributed by atoms with E-state index < -0.39 is 0 Å². The van der Waals surface area contributed by atoms with Crippen LogP contribution < -0.4 is 5.73 Å². The molecule has 0 radical (unpaired) electrons. The lowest BCUT2D eigenvalue weighted by Gasteiger charge is -2.01. The molecule has 1 heterocycles. The highest BCUT2D eigenvalue weighted by atomic mass is 14.8. The second-order valence-electron chi connectivity index (χ2n) is 2.88. The van der Waals surface area contributed by atoms with E-state index in [-0.39, 0.29) is 0 Å². The minimum atomic E-state index is 0.771. The van der Waals surface area contributed by atoms with Gasteiger partial charge in [-0.2, -0.15) is 0 Å². The summed E-state index contributed by atoms with van der Waals surface area (Å²) in [5.74, 6) is 0. The van der Waals surface area contributed by atoms with Gasteiger partial charge in [-0.3, -0.25) is 0 Å². The van der Waals surface area contributed by atoms with Crippen molar-refractivity contribution in [2.24, 2.45) is 5.73 Å². The molecule has 0 aliphatic rings. The smallest absolute Gasteiger partial charge is 0.115 e. The molecule has 2 N–H and O–H groups in total. The van der Waals surface area contributed by atoms with Crippen LogP contribution in [-0.4, -0.2) is 16.5 Å². The van der Waals surface area contributed by atoms with Gasteiger partial charge in [0, 0.05) is 11.9 Å². The first-order valence-corrected chi connectivity index (χ1v) is 4.30. The summed E-state index contributed by atoms with van der Waals surface area (Å²) in [6.45, 7) is 2.78. The molecule has 1 aromatic heterocycles. The highest BCUT2D eigenvalue weighted by Gasteiger charge is 1.97. The van der Waals surface area contributed by atoms with Crippen LogP contribution in [0.5, 0.6) is 0 Å². The van der Waals surface area contributed by atoms with Gasteiger partial charge in [0.1, 0.15) is 6.33 Å². The van der Waals surface area contributed by atoms with Gasteiger partial charge in [-0.25, -0.2) is 9.97 Å². The third-order valence-corrected chi connectivity index (χ3v) is 1.91. The van der Waals surface area contributed by atoms with Crippen LogP contribution in [0.25, 0.3) is 0 Å². The van der Waals surface area contributed by atoms with Gasteiger partial charge in [-0.05, 0) is 38.3 Å². The highest BCUT2D eigenvalue weighted by Crippen LogP contribution is 2.05. The van der Waals surface area contributed by atoms with Crippen LogP contribution in [-0.2, 0) is 6.42 Å². The van der Waals surface area contributed by atoms with Crippen molar-refractivity contribution in [3.05, 3.63) is 23.8 Å². The van der Waals surface area contributed by atoms with Crippen LogP contribution >= 0.6 is 0 Å². The Balaban J connectivity index is 2.46. The van der Waals surface area contributed by atoms with Gasteiger partial charge in [-0.1, -0.05) is 0 Å². The maximum absolute atomic E-state index is 5.40. The van der Waals surface area contributed by atoms with Crippen molar-refractivity contribution in [2.75, 3.05) is 6.54 Å². The van der Waals surface area contributed by atoms with Crippen molar-refractivity contribution < 1.29 is 0 Å². The zero-order chi connectivity index (χ0) is 8.81. The molecule has 3 heteroatoms.